The Labute approximate surface area is 189 Å². The smallest absolute Gasteiger partial charge is 0.255 e. The molecule has 0 radical (unpaired) electrons. The molecule has 4 rings (SSSR count). The fraction of sp³-hybridized carbons (Fsp3) is 0.259. The molecule has 32 heavy (non-hydrogen) atoms. The fourth-order valence-corrected chi connectivity index (χ4v) is 3.99. The van der Waals surface area contributed by atoms with Gasteiger partial charge in [0.1, 0.15) is 0 Å². The van der Waals surface area contributed by atoms with Crippen LogP contribution in [-0.4, -0.2) is 24.9 Å². The third kappa shape index (κ3) is 5.35. The van der Waals surface area contributed by atoms with Crippen molar-refractivity contribution >= 4 is 23.2 Å². The van der Waals surface area contributed by atoms with Gasteiger partial charge >= 0.3 is 0 Å². The largest absolute Gasteiger partial charge is 0.371 e. The first-order valence-electron chi connectivity index (χ1n) is 11.2. The highest BCUT2D eigenvalue weighted by Gasteiger charge is 2.20. The molecule has 2 amide bonds. The lowest BCUT2D eigenvalue weighted by atomic mass is 10.1. The molecule has 1 fully saturated rings. The SMILES string of the molecule is Cc1ccc(C(=O)Nc2ccc(N3CCCCC3)c(C(=O)NCc3ccccc3)c2)cc1. The van der Waals surface area contributed by atoms with E-state index in [-0.39, 0.29) is 11.8 Å². The summed E-state index contributed by atoms with van der Waals surface area (Å²) in [6, 6.07) is 22.9. The van der Waals surface area contributed by atoms with Crippen LogP contribution in [0.4, 0.5) is 11.4 Å². The Hall–Kier alpha value is -3.60. The van der Waals surface area contributed by atoms with Crippen molar-refractivity contribution in [2.45, 2.75) is 32.7 Å². The van der Waals surface area contributed by atoms with E-state index in [2.05, 4.69) is 15.5 Å². The van der Waals surface area contributed by atoms with Gasteiger partial charge in [-0.3, -0.25) is 9.59 Å². The standard InChI is InChI=1S/C27H29N3O2/c1-20-10-12-22(13-11-20)26(31)29-23-14-15-25(30-16-6-3-7-17-30)24(18-23)27(32)28-19-21-8-4-2-5-9-21/h2,4-5,8-15,18H,3,6-7,16-17,19H2,1H3,(H,28,32)(H,29,31). The molecule has 0 saturated carbocycles. The summed E-state index contributed by atoms with van der Waals surface area (Å²) in [5, 5.41) is 5.97. The van der Waals surface area contributed by atoms with Crippen molar-refractivity contribution in [2.75, 3.05) is 23.3 Å². The molecule has 1 heterocycles. The van der Waals surface area contributed by atoms with Gasteiger partial charge in [0.05, 0.1) is 5.56 Å². The van der Waals surface area contributed by atoms with Gasteiger partial charge in [0.15, 0.2) is 0 Å². The first kappa shape index (κ1) is 21.6. The Kier molecular flexibility index (Phi) is 6.85. The number of nitrogens with zero attached hydrogens (tertiary/aromatic N) is 1. The van der Waals surface area contributed by atoms with Gasteiger partial charge in [0, 0.05) is 36.6 Å². The van der Waals surface area contributed by atoms with E-state index in [0.29, 0.717) is 23.4 Å². The number of benzene rings is 3. The second-order valence-corrected chi connectivity index (χ2v) is 8.27. The predicted octanol–water partition coefficient (Wildman–Crippen LogP) is 5.17. The van der Waals surface area contributed by atoms with Crippen molar-refractivity contribution in [1.82, 2.24) is 5.32 Å². The summed E-state index contributed by atoms with van der Waals surface area (Å²) in [5.41, 5.74) is 4.86. The molecular formula is C27H29N3O2. The number of hydrogen-bond donors (Lipinski definition) is 2. The van der Waals surface area contributed by atoms with Gasteiger partial charge < -0.3 is 15.5 Å². The van der Waals surface area contributed by atoms with Gasteiger partial charge in [-0.15, -0.1) is 0 Å². The van der Waals surface area contributed by atoms with Gasteiger partial charge in [0.2, 0.25) is 0 Å². The number of nitrogens with one attached hydrogen (secondary N) is 2. The lowest BCUT2D eigenvalue weighted by Gasteiger charge is -2.30. The van der Waals surface area contributed by atoms with E-state index >= 15 is 0 Å². The Bertz CT molecular complexity index is 1070. The fourth-order valence-electron chi connectivity index (χ4n) is 3.99. The molecule has 3 aromatic carbocycles. The average molecular weight is 428 g/mol. The van der Waals surface area contributed by atoms with Crippen LogP contribution in [-0.2, 0) is 6.54 Å². The third-order valence-electron chi connectivity index (χ3n) is 5.81. The van der Waals surface area contributed by atoms with E-state index < -0.39 is 0 Å². The Morgan fingerprint density at radius 3 is 2.28 bits per heavy atom. The van der Waals surface area contributed by atoms with Crippen molar-refractivity contribution < 1.29 is 9.59 Å². The maximum Gasteiger partial charge on any atom is 0.255 e. The van der Waals surface area contributed by atoms with Crippen LogP contribution in [0.2, 0.25) is 0 Å². The number of anilines is 2. The molecule has 0 aromatic heterocycles. The average Bonchev–Trinajstić information content (AvgIpc) is 2.84. The monoisotopic (exact) mass is 427 g/mol. The topological polar surface area (TPSA) is 61.4 Å². The summed E-state index contributed by atoms with van der Waals surface area (Å²) in [6.45, 7) is 4.32. The number of piperidine rings is 1. The van der Waals surface area contributed by atoms with Crippen LogP contribution in [0.3, 0.4) is 0 Å². The summed E-state index contributed by atoms with van der Waals surface area (Å²) < 4.78 is 0. The maximum atomic E-state index is 13.2. The summed E-state index contributed by atoms with van der Waals surface area (Å²) in [5.74, 6) is -0.327. The van der Waals surface area contributed by atoms with Gasteiger partial charge in [0.25, 0.3) is 11.8 Å². The van der Waals surface area contributed by atoms with Crippen LogP contribution in [0.1, 0.15) is 51.1 Å². The second-order valence-electron chi connectivity index (χ2n) is 8.27. The molecule has 2 N–H and O–H groups in total. The summed E-state index contributed by atoms with van der Waals surface area (Å²) >= 11 is 0. The van der Waals surface area contributed by atoms with Crippen molar-refractivity contribution in [3.63, 3.8) is 0 Å². The lowest BCUT2D eigenvalue weighted by molar-refractivity contribution is 0.0950. The number of carbonyl (C=O) groups is 2. The van der Waals surface area contributed by atoms with Crippen molar-refractivity contribution in [3.8, 4) is 0 Å². The highest BCUT2D eigenvalue weighted by atomic mass is 16.2. The number of carbonyl (C=O) groups excluding carboxylic acids is 2. The van der Waals surface area contributed by atoms with E-state index in [0.717, 1.165) is 42.7 Å². The molecule has 164 valence electrons. The first-order chi connectivity index (χ1) is 15.6. The second kappa shape index (κ2) is 10.1. The normalized spacial score (nSPS) is 13.5. The summed E-state index contributed by atoms with van der Waals surface area (Å²) in [6.07, 6.45) is 3.46. The number of hydrogen-bond acceptors (Lipinski definition) is 3. The van der Waals surface area contributed by atoms with Crippen LogP contribution < -0.4 is 15.5 Å². The minimum Gasteiger partial charge on any atom is -0.371 e. The Balaban J connectivity index is 1.56. The van der Waals surface area contributed by atoms with Gasteiger partial charge in [-0.05, 0) is 62.1 Å². The minimum absolute atomic E-state index is 0.138. The molecule has 1 saturated heterocycles. The van der Waals surface area contributed by atoms with Crippen LogP contribution >= 0.6 is 0 Å². The van der Waals surface area contributed by atoms with E-state index in [1.165, 1.54) is 6.42 Å². The Morgan fingerprint density at radius 1 is 0.844 bits per heavy atom. The Morgan fingerprint density at radius 2 is 1.56 bits per heavy atom. The molecule has 0 bridgehead atoms. The molecule has 0 atom stereocenters. The molecular weight excluding hydrogens is 398 g/mol. The maximum absolute atomic E-state index is 13.2. The van der Waals surface area contributed by atoms with Crippen molar-refractivity contribution in [3.05, 3.63) is 95.1 Å². The molecule has 0 unspecified atom stereocenters. The number of rotatable bonds is 6. The summed E-state index contributed by atoms with van der Waals surface area (Å²) in [7, 11) is 0. The van der Waals surface area contributed by atoms with Crippen molar-refractivity contribution in [2.24, 2.45) is 0 Å². The minimum atomic E-state index is -0.189. The lowest BCUT2D eigenvalue weighted by Crippen LogP contribution is -2.32. The first-order valence-corrected chi connectivity index (χ1v) is 11.2. The molecule has 0 spiro atoms. The van der Waals surface area contributed by atoms with Gasteiger partial charge in [-0.2, -0.15) is 0 Å². The molecule has 5 nitrogen and oxygen atoms in total. The van der Waals surface area contributed by atoms with Crippen LogP contribution in [0.25, 0.3) is 0 Å². The summed E-state index contributed by atoms with van der Waals surface area (Å²) in [4.78, 5) is 28.1. The van der Waals surface area contributed by atoms with E-state index in [9.17, 15) is 9.59 Å². The van der Waals surface area contributed by atoms with Gasteiger partial charge in [-0.1, -0.05) is 48.0 Å². The van der Waals surface area contributed by atoms with Crippen LogP contribution in [0, 0.1) is 6.92 Å². The van der Waals surface area contributed by atoms with E-state index in [1.807, 2.05) is 61.5 Å². The zero-order valence-electron chi connectivity index (χ0n) is 18.4. The molecule has 0 aliphatic carbocycles. The molecule has 5 heteroatoms. The highest BCUT2D eigenvalue weighted by molar-refractivity contribution is 6.06. The molecule has 3 aromatic rings. The zero-order valence-corrected chi connectivity index (χ0v) is 18.4. The quantitative estimate of drug-likeness (QED) is 0.571. The third-order valence-corrected chi connectivity index (χ3v) is 5.81. The van der Waals surface area contributed by atoms with E-state index in [4.69, 9.17) is 0 Å². The molecule has 1 aliphatic rings. The molecule has 1 aliphatic heterocycles. The number of aryl methyl sites for hydroxylation is 1. The van der Waals surface area contributed by atoms with Crippen molar-refractivity contribution in [1.29, 1.82) is 0 Å². The van der Waals surface area contributed by atoms with Crippen LogP contribution in [0.15, 0.2) is 72.8 Å². The van der Waals surface area contributed by atoms with Crippen LogP contribution in [0.5, 0.6) is 0 Å². The highest BCUT2D eigenvalue weighted by Crippen LogP contribution is 2.27. The number of amides is 2. The predicted molar refractivity (Wildman–Crippen MR) is 129 cm³/mol. The zero-order chi connectivity index (χ0) is 22.3. The van der Waals surface area contributed by atoms with Gasteiger partial charge in [-0.25, -0.2) is 0 Å². The van der Waals surface area contributed by atoms with E-state index in [1.54, 1.807) is 18.2 Å².